The van der Waals surface area contributed by atoms with Crippen molar-refractivity contribution in [3.8, 4) is 0 Å². The van der Waals surface area contributed by atoms with Crippen LogP contribution in [0.1, 0.15) is 24.0 Å². The number of nitrogens with zero attached hydrogens (tertiary/aromatic N) is 1. The first-order chi connectivity index (χ1) is 12.2. The van der Waals surface area contributed by atoms with E-state index in [1.807, 2.05) is 36.4 Å². The number of fused-ring (bicyclic) bond motifs is 2. The minimum atomic E-state index is -0.854. The van der Waals surface area contributed by atoms with Crippen molar-refractivity contribution < 1.29 is 9.84 Å². The van der Waals surface area contributed by atoms with Crippen LogP contribution in [0.25, 0.3) is 5.57 Å². The maximum Gasteiger partial charge on any atom is 0.0928 e. The normalized spacial score (nSPS) is 29.3. The van der Waals surface area contributed by atoms with Crippen LogP contribution in [0.15, 0.2) is 67.2 Å². The molecule has 2 aliphatic heterocycles. The molecule has 3 nitrogen and oxygen atoms in total. The topological polar surface area (TPSA) is 32.7 Å². The molecule has 2 fully saturated rings. The van der Waals surface area contributed by atoms with Crippen molar-refractivity contribution in [3.63, 3.8) is 0 Å². The lowest BCUT2D eigenvalue weighted by Crippen LogP contribution is -2.61. The van der Waals surface area contributed by atoms with Crippen LogP contribution in [0.3, 0.4) is 0 Å². The van der Waals surface area contributed by atoms with Gasteiger partial charge in [-0.05, 0) is 29.5 Å². The highest BCUT2D eigenvalue weighted by atomic mass is 16.5. The van der Waals surface area contributed by atoms with Crippen molar-refractivity contribution in [2.75, 3.05) is 13.2 Å². The molecule has 25 heavy (non-hydrogen) atoms. The fraction of sp³-hybridized carbons (Fsp3) is 0.364. The summed E-state index contributed by atoms with van der Waals surface area (Å²) in [6.45, 7) is 6.51. The van der Waals surface area contributed by atoms with E-state index in [4.69, 9.17) is 4.74 Å². The number of hydrogen-bond acceptors (Lipinski definition) is 3. The largest absolute Gasteiger partial charge is 0.385 e. The Balaban J connectivity index is 1.55. The van der Waals surface area contributed by atoms with Gasteiger partial charge in [0.15, 0.2) is 0 Å². The fourth-order valence-electron chi connectivity index (χ4n) is 4.25. The van der Waals surface area contributed by atoms with E-state index < -0.39 is 5.60 Å². The molecule has 2 aromatic rings. The predicted octanol–water partition coefficient (Wildman–Crippen LogP) is 3.49. The minimum absolute atomic E-state index is 0.221. The molecule has 4 rings (SSSR count). The lowest BCUT2D eigenvalue weighted by Gasteiger charge is -2.52. The van der Waals surface area contributed by atoms with Crippen molar-refractivity contribution in [1.82, 2.24) is 4.90 Å². The third-order valence-electron chi connectivity index (χ3n) is 5.60. The van der Waals surface area contributed by atoms with Gasteiger partial charge in [0.1, 0.15) is 0 Å². The van der Waals surface area contributed by atoms with Crippen molar-refractivity contribution in [2.45, 2.75) is 37.1 Å². The Bertz CT molecular complexity index is 714. The van der Waals surface area contributed by atoms with E-state index in [0.717, 1.165) is 17.7 Å². The third-order valence-corrected chi connectivity index (χ3v) is 5.60. The number of hydrogen-bond donors (Lipinski definition) is 1. The van der Waals surface area contributed by atoms with Crippen LogP contribution in [0.4, 0.5) is 0 Å². The highest BCUT2D eigenvalue weighted by Gasteiger charge is 2.47. The van der Waals surface area contributed by atoms with Gasteiger partial charge in [-0.1, -0.05) is 67.2 Å². The zero-order valence-electron chi connectivity index (χ0n) is 14.5. The molecule has 2 aromatic carbocycles. The van der Waals surface area contributed by atoms with Crippen LogP contribution in [-0.4, -0.2) is 40.9 Å². The van der Waals surface area contributed by atoms with Gasteiger partial charge < -0.3 is 9.84 Å². The van der Waals surface area contributed by atoms with Gasteiger partial charge in [0.05, 0.1) is 18.8 Å². The van der Waals surface area contributed by atoms with E-state index >= 15 is 0 Å². The average molecular weight is 335 g/mol. The molecule has 2 atom stereocenters. The number of aliphatic hydroxyl groups is 1. The molecule has 2 bridgehead atoms. The number of rotatable bonds is 4. The Morgan fingerprint density at radius 2 is 1.56 bits per heavy atom. The van der Waals surface area contributed by atoms with Crippen molar-refractivity contribution in [2.24, 2.45) is 0 Å². The molecule has 1 N–H and O–H groups in total. The zero-order chi connectivity index (χ0) is 17.3. The van der Waals surface area contributed by atoms with Crippen LogP contribution in [0.2, 0.25) is 0 Å². The van der Waals surface area contributed by atoms with Gasteiger partial charge in [-0.3, -0.25) is 4.90 Å². The van der Waals surface area contributed by atoms with E-state index in [9.17, 15) is 5.11 Å². The predicted molar refractivity (Wildman–Crippen MR) is 100 cm³/mol. The highest BCUT2D eigenvalue weighted by Crippen LogP contribution is 2.42. The smallest absolute Gasteiger partial charge is 0.0928 e. The van der Waals surface area contributed by atoms with Crippen molar-refractivity contribution in [1.29, 1.82) is 0 Å². The summed E-state index contributed by atoms with van der Waals surface area (Å²) in [6, 6.07) is 21.0. The molecule has 2 heterocycles. The lowest BCUT2D eigenvalue weighted by atomic mass is 9.75. The van der Waals surface area contributed by atoms with Crippen LogP contribution >= 0.6 is 0 Å². The Kier molecular flexibility index (Phi) is 4.46. The molecule has 2 saturated heterocycles. The van der Waals surface area contributed by atoms with Gasteiger partial charge in [0.2, 0.25) is 0 Å². The number of ether oxygens (including phenoxy) is 1. The molecule has 0 amide bonds. The van der Waals surface area contributed by atoms with Crippen LogP contribution in [0.5, 0.6) is 0 Å². The fourth-order valence-corrected chi connectivity index (χ4v) is 4.25. The minimum Gasteiger partial charge on any atom is -0.385 e. The molecular formula is C22H25NO2. The molecule has 0 aliphatic carbocycles. The summed E-state index contributed by atoms with van der Waals surface area (Å²) in [4.78, 5) is 2.51. The van der Waals surface area contributed by atoms with Gasteiger partial charge in [-0.25, -0.2) is 0 Å². The zero-order valence-corrected chi connectivity index (χ0v) is 14.5. The second-order valence-electron chi connectivity index (χ2n) is 7.29. The molecule has 2 unspecified atom stereocenters. The quantitative estimate of drug-likeness (QED) is 0.928. The molecule has 0 radical (unpaired) electrons. The van der Waals surface area contributed by atoms with Crippen LogP contribution < -0.4 is 0 Å². The van der Waals surface area contributed by atoms with Gasteiger partial charge in [0, 0.05) is 18.6 Å². The number of morpholine rings is 1. The summed E-state index contributed by atoms with van der Waals surface area (Å²) in [5.74, 6) is 0. The lowest BCUT2D eigenvalue weighted by molar-refractivity contribution is -0.127. The summed E-state index contributed by atoms with van der Waals surface area (Å²) < 4.78 is 5.80. The summed E-state index contributed by atoms with van der Waals surface area (Å²) in [5.41, 5.74) is 2.32. The Hall–Kier alpha value is -1.94. The van der Waals surface area contributed by atoms with Crippen LogP contribution in [0, 0.1) is 0 Å². The molecule has 0 aromatic heterocycles. The van der Waals surface area contributed by atoms with Crippen LogP contribution in [-0.2, 0) is 11.3 Å². The summed E-state index contributed by atoms with van der Waals surface area (Å²) in [5, 5.41) is 11.4. The first-order valence-electron chi connectivity index (χ1n) is 9.00. The van der Waals surface area contributed by atoms with E-state index in [2.05, 4.69) is 35.7 Å². The number of benzene rings is 2. The SMILES string of the molecule is C=C(c1ccccc1)C1(O)CC2COCC(C1)N2Cc1ccccc1. The summed E-state index contributed by atoms with van der Waals surface area (Å²) >= 11 is 0. The van der Waals surface area contributed by atoms with Gasteiger partial charge >= 0.3 is 0 Å². The van der Waals surface area contributed by atoms with Crippen molar-refractivity contribution in [3.05, 3.63) is 78.4 Å². The highest BCUT2D eigenvalue weighted by molar-refractivity contribution is 5.70. The molecule has 0 spiro atoms. The molecule has 0 saturated carbocycles. The standard InChI is InChI=1S/C22H25NO2/c1-17(19-10-6-3-7-11-19)22(24)12-20-15-25-16-21(13-22)23(20)14-18-8-4-2-5-9-18/h2-11,20-21,24H,1,12-16H2. The first-order valence-corrected chi connectivity index (χ1v) is 9.00. The Morgan fingerprint density at radius 1 is 1.00 bits per heavy atom. The monoisotopic (exact) mass is 335 g/mol. The molecule has 130 valence electrons. The summed E-state index contributed by atoms with van der Waals surface area (Å²) in [7, 11) is 0. The van der Waals surface area contributed by atoms with Crippen molar-refractivity contribution >= 4 is 5.57 Å². The Labute approximate surface area is 149 Å². The van der Waals surface area contributed by atoms with Gasteiger partial charge in [-0.15, -0.1) is 0 Å². The van der Waals surface area contributed by atoms with Gasteiger partial charge in [-0.2, -0.15) is 0 Å². The maximum absolute atomic E-state index is 11.4. The van der Waals surface area contributed by atoms with E-state index in [0.29, 0.717) is 26.1 Å². The number of piperidine rings is 1. The van der Waals surface area contributed by atoms with E-state index in [-0.39, 0.29) is 12.1 Å². The van der Waals surface area contributed by atoms with E-state index in [1.165, 1.54) is 5.56 Å². The first kappa shape index (κ1) is 16.5. The van der Waals surface area contributed by atoms with E-state index in [1.54, 1.807) is 0 Å². The molecule has 2 aliphatic rings. The average Bonchev–Trinajstić information content (AvgIpc) is 2.64. The Morgan fingerprint density at radius 3 is 2.16 bits per heavy atom. The maximum atomic E-state index is 11.4. The molecular weight excluding hydrogens is 310 g/mol. The van der Waals surface area contributed by atoms with Gasteiger partial charge in [0.25, 0.3) is 0 Å². The summed E-state index contributed by atoms with van der Waals surface area (Å²) in [6.07, 6.45) is 1.34. The second-order valence-corrected chi connectivity index (χ2v) is 7.29. The molecule has 3 heteroatoms. The third kappa shape index (κ3) is 3.28. The second kappa shape index (κ2) is 6.75.